The summed E-state index contributed by atoms with van der Waals surface area (Å²) in [5, 5.41) is 18.5. The first-order valence-corrected chi connectivity index (χ1v) is 8.19. The van der Waals surface area contributed by atoms with E-state index in [1.165, 1.54) is 17.1 Å². The van der Waals surface area contributed by atoms with E-state index in [1.807, 2.05) is 10.9 Å². The fourth-order valence-electron chi connectivity index (χ4n) is 2.91. The maximum atomic E-state index is 14.2. The second kappa shape index (κ2) is 8.24. The standard InChI is InChI=1S/C16H18FN7O.ClH/c17-15-7-14(24-11-19-21-22-24)1-2-16(15)25-10-12-8-20-23(9-12)13-3-5-18-6-4-13;/h1-2,7-9,11,13,18H,3-6,10H2;1H. The van der Waals surface area contributed by atoms with Crippen LogP contribution in [0.25, 0.3) is 5.69 Å². The van der Waals surface area contributed by atoms with Crippen LogP contribution in [-0.4, -0.2) is 43.1 Å². The van der Waals surface area contributed by atoms with Crippen molar-refractivity contribution in [2.75, 3.05) is 13.1 Å². The van der Waals surface area contributed by atoms with Crippen molar-refractivity contribution in [3.05, 3.63) is 48.3 Å². The molecule has 0 unspecified atom stereocenters. The van der Waals surface area contributed by atoms with Gasteiger partial charge in [0, 0.05) is 17.8 Å². The van der Waals surface area contributed by atoms with Crippen molar-refractivity contribution in [2.45, 2.75) is 25.5 Å². The Bertz CT molecular complexity index is 833. The molecule has 8 nitrogen and oxygen atoms in total. The van der Waals surface area contributed by atoms with Gasteiger partial charge < -0.3 is 10.1 Å². The highest BCUT2D eigenvalue weighted by atomic mass is 35.5. The van der Waals surface area contributed by atoms with Crippen LogP contribution in [0, 0.1) is 5.82 Å². The van der Waals surface area contributed by atoms with Crippen molar-refractivity contribution in [3.8, 4) is 11.4 Å². The highest BCUT2D eigenvalue weighted by Crippen LogP contribution is 2.22. The van der Waals surface area contributed by atoms with Gasteiger partial charge in [0.2, 0.25) is 0 Å². The molecule has 4 rings (SSSR count). The van der Waals surface area contributed by atoms with Crippen LogP contribution < -0.4 is 10.1 Å². The van der Waals surface area contributed by atoms with E-state index < -0.39 is 5.82 Å². The fourth-order valence-corrected chi connectivity index (χ4v) is 2.91. The van der Waals surface area contributed by atoms with Crippen molar-refractivity contribution >= 4 is 12.4 Å². The Labute approximate surface area is 155 Å². The van der Waals surface area contributed by atoms with E-state index in [2.05, 4.69) is 25.9 Å². The molecule has 3 heterocycles. The molecule has 1 saturated heterocycles. The molecule has 0 atom stereocenters. The van der Waals surface area contributed by atoms with Gasteiger partial charge in [0.05, 0.1) is 17.9 Å². The third-order valence-electron chi connectivity index (χ3n) is 4.26. The second-order valence-corrected chi connectivity index (χ2v) is 5.97. The Hall–Kier alpha value is -2.52. The zero-order chi connectivity index (χ0) is 17.1. The quantitative estimate of drug-likeness (QED) is 0.729. The minimum absolute atomic E-state index is 0. The first kappa shape index (κ1) is 18.3. The number of rotatable bonds is 5. The van der Waals surface area contributed by atoms with Gasteiger partial charge in [0.1, 0.15) is 12.9 Å². The van der Waals surface area contributed by atoms with Gasteiger partial charge in [-0.3, -0.25) is 4.68 Å². The third kappa shape index (κ3) is 4.00. The molecule has 138 valence electrons. The number of halogens is 2. The maximum absolute atomic E-state index is 14.2. The summed E-state index contributed by atoms with van der Waals surface area (Å²) in [6.07, 6.45) is 7.29. The summed E-state index contributed by atoms with van der Waals surface area (Å²) in [4.78, 5) is 0. The summed E-state index contributed by atoms with van der Waals surface area (Å²) in [5.41, 5.74) is 1.45. The maximum Gasteiger partial charge on any atom is 0.167 e. The lowest BCUT2D eigenvalue weighted by atomic mass is 10.1. The molecule has 2 aromatic heterocycles. The zero-order valence-electron chi connectivity index (χ0n) is 14.0. The van der Waals surface area contributed by atoms with Crippen molar-refractivity contribution in [2.24, 2.45) is 0 Å². The van der Waals surface area contributed by atoms with E-state index in [9.17, 15) is 4.39 Å². The van der Waals surface area contributed by atoms with Gasteiger partial charge in [-0.25, -0.2) is 9.07 Å². The SMILES string of the molecule is Cl.Fc1cc(-n2cnnn2)ccc1OCc1cnn(C2CCNCC2)c1. The van der Waals surface area contributed by atoms with Crippen molar-refractivity contribution < 1.29 is 9.13 Å². The summed E-state index contributed by atoms with van der Waals surface area (Å²) in [6, 6.07) is 5.03. The predicted octanol–water partition coefficient (Wildman–Crippen LogP) is 1.92. The highest BCUT2D eigenvalue weighted by Gasteiger charge is 2.16. The predicted molar refractivity (Wildman–Crippen MR) is 94.1 cm³/mol. The molecular weight excluding hydrogens is 361 g/mol. The Morgan fingerprint density at radius 2 is 2.12 bits per heavy atom. The normalized spacial score (nSPS) is 14.8. The average Bonchev–Trinajstić information content (AvgIpc) is 3.33. The van der Waals surface area contributed by atoms with Gasteiger partial charge >= 0.3 is 0 Å². The largest absolute Gasteiger partial charge is 0.486 e. The monoisotopic (exact) mass is 379 g/mol. The van der Waals surface area contributed by atoms with Gasteiger partial charge in [-0.2, -0.15) is 5.10 Å². The van der Waals surface area contributed by atoms with E-state index in [0.29, 0.717) is 11.7 Å². The molecule has 0 radical (unpaired) electrons. The van der Waals surface area contributed by atoms with E-state index in [1.54, 1.807) is 18.3 Å². The van der Waals surface area contributed by atoms with Gasteiger partial charge in [-0.1, -0.05) is 0 Å². The molecule has 26 heavy (non-hydrogen) atoms. The number of aromatic nitrogens is 6. The number of nitrogens with one attached hydrogen (secondary N) is 1. The fraction of sp³-hybridized carbons (Fsp3) is 0.375. The van der Waals surface area contributed by atoms with Gasteiger partial charge in [0.25, 0.3) is 0 Å². The molecular formula is C16H19ClFN7O. The molecule has 0 bridgehead atoms. The minimum atomic E-state index is -0.459. The number of tetrazole rings is 1. The average molecular weight is 380 g/mol. The lowest BCUT2D eigenvalue weighted by Gasteiger charge is -2.22. The van der Waals surface area contributed by atoms with E-state index >= 15 is 0 Å². The smallest absolute Gasteiger partial charge is 0.167 e. The molecule has 3 aromatic rings. The molecule has 1 N–H and O–H groups in total. The number of ether oxygens (including phenoxy) is 1. The Balaban J connectivity index is 0.00000196. The number of piperidine rings is 1. The lowest BCUT2D eigenvalue weighted by molar-refractivity contribution is 0.289. The van der Waals surface area contributed by atoms with Crippen LogP contribution in [0.2, 0.25) is 0 Å². The van der Waals surface area contributed by atoms with E-state index in [-0.39, 0.29) is 24.8 Å². The Morgan fingerprint density at radius 3 is 2.85 bits per heavy atom. The van der Waals surface area contributed by atoms with Crippen LogP contribution in [-0.2, 0) is 6.61 Å². The van der Waals surface area contributed by atoms with Gasteiger partial charge in [0.15, 0.2) is 11.6 Å². The van der Waals surface area contributed by atoms with Crippen molar-refractivity contribution in [1.29, 1.82) is 0 Å². The van der Waals surface area contributed by atoms with E-state index in [0.717, 1.165) is 31.5 Å². The summed E-state index contributed by atoms with van der Waals surface area (Å²) < 4.78 is 23.2. The summed E-state index contributed by atoms with van der Waals surface area (Å²) in [7, 11) is 0. The molecule has 1 aliphatic heterocycles. The molecule has 10 heteroatoms. The number of hydrogen-bond acceptors (Lipinski definition) is 6. The Morgan fingerprint density at radius 1 is 1.27 bits per heavy atom. The van der Waals surface area contributed by atoms with Crippen LogP contribution >= 0.6 is 12.4 Å². The molecule has 1 fully saturated rings. The second-order valence-electron chi connectivity index (χ2n) is 5.97. The molecule has 0 spiro atoms. The third-order valence-corrected chi connectivity index (χ3v) is 4.26. The van der Waals surface area contributed by atoms with E-state index in [4.69, 9.17) is 4.74 Å². The summed E-state index contributed by atoms with van der Waals surface area (Å²) >= 11 is 0. The Kier molecular flexibility index (Phi) is 5.79. The molecule has 1 aromatic carbocycles. The number of nitrogens with zero attached hydrogens (tertiary/aromatic N) is 6. The minimum Gasteiger partial charge on any atom is -0.486 e. The topological polar surface area (TPSA) is 82.7 Å². The first-order chi connectivity index (χ1) is 12.3. The summed E-state index contributed by atoms with van der Waals surface area (Å²) in [5.74, 6) is -0.273. The van der Waals surface area contributed by atoms with Crippen LogP contribution in [0.5, 0.6) is 5.75 Å². The van der Waals surface area contributed by atoms with Crippen LogP contribution in [0.3, 0.4) is 0 Å². The number of benzene rings is 1. The first-order valence-electron chi connectivity index (χ1n) is 8.19. The molecule has 0 saturated carbocycles. The van der Waals surface area contributed by atoms with Crippen molar-refractivity contribution in [1.82, 2.24) is 35.3 Å². The van der Waals surface area contributed by atoms with Gasteiger partial charge in [-0.15, -0.1) is 17.5 Å². The zero-order valence-corrected chi connectivity index (χ0v) is 14.8. The number of hydrogen-bond donors (Lipinski definition) is 1. The van der Waals surface area contributed by atoms with Crippen LogP contribution in [0.4, 0.5) is 4.39 Å². The van der Waals surface area contributed by atoms with Gasteiger partial charge in [-0.05, 0) is 48.5 Å². The van der Waals surface area contributed by atoms with Crippen molar-refractivity contribution in [3.63, 3.8) is 0 Å². The van der Waals surface area contributed by atoms with Crippen LogP contribution in [0.1, 0.15) is 24.4 Å². The molecule has 1 aliphatic rings. The lowest BCUT2D eigenvalue weighted by Crippen LogP contribution is -2.29. The molecule has 0 amide bonds. The highest BCUT2D eigenvalue weighted by molar-refractivity contribution is 5.85. The van der Waals surface area contributed by atoms with Crippen LogP contribution in [0.15, 0.2) is 36.9 Å². The summed E-state index contributed by atoms with van der Waals surface area (Å²) in [6.45, 7) is 2.29. The molecule has 0 aliphatic carbocycles.